The van der Waals surface area contributed by atoms with E-state index in [0.717, 1.165) is 19.5 Å². The molecule has 2 atom stereocenters. The van der Waals surface area contributed by atoms with E-state index in [2.05, 4.69) is 17.1 Å². The molecule has 0 aromatic heterocycles. The van der Waals surface area contributed by atoms with Gasteiger partial charge in [0, 0.05) is 32.2 Å². The molecule has 0 aromatic rings. The molecule has 1 aliphatic carbocycles. The molecule has 2 rings (SSSR count). The van der Waals surface area contributed by atoms with Gasteiger partial charge in [-0.25, -0.2) is 12.7 Å². The van der Waals surface area contributed by atoms with Crippen molar-refractivity contribution in [3.05, 3.63) is 0 Å². The highest BCUT2D eigenvalue weighted by Crippen LogP contribution is 2.21. The van der Waals surface area contributed by atoms with E-state index in [0.29, 0.717) is 25.2 Å². The second-order valence-corrected chi connectivity index (χ2v) is 8.70. The van der Waals surface area contributed by atoms with Crippen LogP contribution in [0, 0.1) is 0 Å². The first kappa shape index (κ1) is 16.2. The normalized spacial score (nSPS) is 26.3. The summed E-state index contributed by atoms with van der Waals surface area (Å²) in [5, 5.41) is 2.97. The predicted octanol–water partition coefficient (Wildman–Crippen LogP) is 0.873. The van der Waals surface area contributed by atoms with E-state index in [1.807, 2.05) is 6.92 Å². The maximum Gasteiger partial charge on any atom is 0.217 e. The highest BCUT2D eigenvalue weighted by atomic mass is 32.2. The molecular weight excluding hydrogens is 274 g/mol. The quantitative estimate of drug-likeness (QED) is 0.723. The fourth-order valence-corrected chi connectivity index (χ4v) is 4.25. The van der Waals surface area contributed by atoms with Crippen molar-refractivity contribution in [2.24, 2.45) is 0 Å². The summed E-state index contributed by atoms with van der Waals surface area (Å²) in [5.41, 5.74) is 0. The third kappa shape index (κ3) is 3.93. The van der Waals surface area contributed by atoms with Gasteiger partial charge in [-0.15, -0.1) is 0 Å². The van der Waals surface area contributed by atoms with E-state index in [1.165, 1.54) is 19.3 Å². The van der Waals surface area contributed by atoms with Crippen molar-refractivity contribution >= 4 is 10.0 Å². The minimum absolute atomic E-state index is 0.343. The maximum absolute atomic E-state index is 12.5. The molecule has 0 bridgehead atoms. The van der Waals surface area contributed by atoms with Crippen LogP contribution in [0.15, 0.2) is 0 Å². The van der Waals surface area contributed by atoms with E-state index in [9.17, 15) is 8.42 Å². The van der Waals surface area contributed by atoms with E-state index < -0.39 is 10.0 Å². The van der Waals surface area contributed by atoms with Gasteiger partial charge in [-0.2, -0.15) is 0 Å². The molecule has 2 unspecified atom stereocenters. The topological polar surface area (TPSA) is 52.7 Å². The first-order valence-corrected chi connectivity index (χ1v) is 9.38. The van der Waals surface area contributed by atoms with Crippen molar-refractivity contribution < 1.29 is 8.42 Å². The zero-order valence-electron chi connectivity index (χ0n) is 13.0. The molecule has 0 aromatic carbocycles. The number of hydrogen-bond acceptors (Lipinski definition) is 4. The second-order valence-electron chi connectivity index (χ2n) is 6.24. The van der Waals surface area contributed by atoms with Gasteiger partial charge < -0.3 is 5.32 Å². The van der Waals surface area contributed by atoms with Crippen LogP contribution in [0.1, 0.15) is 39.5 Å². The lowest BCUT2D eigenvalue weighted by molar-refractivity contribution is 0.237. The van der Waals surface area contributed by atoms with Gasteiger partial charge in [0.25, 0.3) is 0 Å². The van der Waals surface area contributed by atoms with Crippen LogP contribution in [0.4, 0.5) is 0 Å². The van der Waals surface area contributed by atoms with Crippen LogP contribution in [0.5, 0.6) is 0 Å². The Hall–Kier alpha value is -0.170. The standard InChI is InChI=1S/C14H29N3O2S/c1-4-17-9-5-6-14(17)11-16(3)20(18,19)12(2)10-15-13-7-8-13/h12-15H,4-11H2,1-3H3. The molecule has 5 nitrogen and oxygen atoms in total. The third-order valence-electron chi connectivity index (χ3n) is 4.59. The molecule has 1 heterocycles. The average Bonchev–Trinajstić information content (AvgIpc) is 3.14. The molecular formula is C14H29N3O2S. The average molecular weight is 303 g/mol. The Bertz CT molecular complexity index is 409. The Morgan fingerprint density at radius 2 is 2.05 bits per heavy atom. The molecule has 2 aliphatic rings. The number of sulfonamides is 1. The molecule has 0 amide bonds. The first-order chi connectivity index (χ1) is 9.45. The van der Waals surface area contributed by atoms with Crippen molar-refractivity contribution in [2.75, 3.05) is 33.2 Å². The van der Waals surface area contributed by atoms with Crippen LogP contribution in [0.25, 0.3) is 0 Å². The van der Waals surface area contributed by atoms with Gasteiger partial charge in [-0.3, -0.25) is 4.90 Å². The van der Waals surface area contributed by atoms with E-state index in [-0.39, 0.29) is 5.25 Å². The largest absolute Gasteiger partial charge is 0.313 e. The molecule has 2 fully saturated rings. The zero-order chi connectivity index (χ0) is 14.8. The van der Waals surface area contributed by atoms with Crippen LogP contribution in [0.2, 0.25) is 0 Å². The number of nitrogens with zero attached hydrogens (tertiary/aromatic N) is 2. The molecule has 1 aliphatic heterocycles. The summed E-state index contributed by atoms with van der Waals surface area (Å²) in [6, 6.07) is 0.951. The number of hydrogen-bond donors (Lipinski definition) is 1. The van der Waals surface area contributed by atoms with Crippen molar-refractivity contribution in [3.8, 4) is 0 Å². The number of rotatable bonds is 8. The monoisotopic (exact) mass is 303 g/mol. The third-order valence-corrected chi connectivity index (χ3v) is 6.79. The van der Waals surface area contributed by atoms with Crippen LogP contribution in [0.3, 0.4) is 0 Å². The molecule has 1 N–H and O–H groups in total. The summed E-state index contributed by atoms with van der Waals surface area (Å²) >= 11 is 0. The van der Waals surface area contributed by atoms with E-state index in [1.54, 1.807) is 11.4 Å². The minimum atomic E-state index is -3.18. The highest BCUT2D eigenvalue weighted by molar-refractivity contribution is 7.89. The summed E-state index contributed by atoms with van der Waals surface area (Å²) < 4.78 is 26.6. The van der Waals surface area contributed by atoms with Crippen molar-refractivity contribution in [1.29, 1.82) is 0 Å². The summed E-state index contributed by atoms with van der Waals surface area (Å²) in [7, 11) is -1.45. The smallest absolute Gasteiger partial charge is 0.217 e. The van der Waals surface area contributed by atoms with Crippen molar-refractivity contribution in [2.45, 2.75) is 56.9 Å². The lowest BCUT2D eigenvalue weighted by Gasteiger charge is -2.29. The fourth-order valence-electron chi connectivity index (χ4n) is 2.95. The molecule has 1 saturated heterocycles. The SMILES string of the molecule is CCN1CCCC1CN(C)S(=O)(=O)C(C)CNC1CC1. The van der Waals surface area contributed by atoms with Gasteiger partial charge >= 0.3 is 0 Å². The van der Waals surface area contributed by atoms with Crippen LogP contribution < -0.4 is 5.32 Å². The van der Waals surface area contributed by atoms with Gasteiger partial charge in [0.05, 0.1) is 5.25 Å². The predicted molar refractivity (Wildman–Crippen MR) is 82.3 cm³/mol. The Kier molecular flexibility index (Phi) is 5.45. The van der Waals surface area contributed by atoms with Gasteiger partial charge in [0.1, 0.15) is 0 Å². The van der Waals surface area contributed by atoms with Crippen LogP contribution >= 0.6 is 0 Å². The summed E-state index contributed by atoms with van der Waals surface area (Å²) in [6.45, 7) is 7.27. The van der Waals surface area contributed by atoms with Gasteiger partial charge in [-0.1, -0.05) is 6.92 Å². The number of likely N-dealkylation sites (N-methyl/N-ethyl adjacent to an activating group) is 2. The van der Waals surface area contributed by atoms with Gasteiger partial charge in [0.15, 0.2) is 0 Å². The van der Waals surface area contributed by atoms with Crippen LogP contribution in [-0.2, 0) is 10.0 Å². The highest BCUT2D eigenvalue weighted by Gasteiger charge is 2.32. The summed E-state index contributed by atoms with van der Waals surface area (Å²) in [5.74, 6) is 0. The summed E-state index contributed by atoms with van der Waals surface area (Å²) in [6.07, 6.45) is 4.68. The van der Waals surface area contributed by atoms with Gasteiger partial charge in [-0.05, 0) is 45.7 Å². The molecule has 118 valence electrons. The number of likely N-dealkylation sites (tertiary alicyclic amines) is 1. The Morgan fingerprint density at radius 1 is 1.35 bits per heavy atom. The Morgan fingerprint density at radius 3 is 2.65 bits per heavy atom. The molecule has 0 radical (unpaired) electrons. The summed E-state index contributed by atoms with van der Waals surface area (Å²) in [4.78, 5) is 2.39. The number of nitrogens with one attached hydrogen (secondary N) is 1. The van der Waals surface area contributed by atoms with E-state index in [4.69, 9.17) is 0 Å². The minimum Gasteiger partial charge on any atom is -0.313 e. The zero-order valence-corrected chi connectivity index (χ0v) is 13.8. The lowest BCUT2D eigenvalue weighted by atomic mass is 10.2. The van der Waals surface area contributed by atoms with Crippen LogP contribution in [-0.4, -0.2) is 68.2 Å². The Balaban J connectivity index is 1.86. The second kappa shape index (κ2) is 6.73. The first-order valence-electron chi connectivity index (χ1n) is 7.87. The lowest BCUT2D eigenvalue weighted by Crippen LogP contribution is -2.46. The van der Waals surface area contributed by atoms with Gasteiger partial charge in [0.2, 0.25) is 10.0 Å². The molecule has 1 saturated carbocycles. The maximum atomic E-state index is 12.5. The molecule has 20 heavy (non-hydrogen) atoms. The van der Waals surface area contributed by atoms with Crippen molar-refractivity contribution in [1.82, 2.24) is 14.5 Å². The fraction of sp³-hybridized carbons (Fsp3) is 1.00. The molecule has 6 heteroatoms. The van der Waals surface area contributed by atoms with Crippen molar-refractivity contribution in [3.63, 3.8) is 0 Å². The Labute approximate surface area is 123 Å². The molecule has 0 spiro atoms. The van der Waals surface area contributed by atoms with E-state index >= 15 is 0 Å².